The van der Waals surface area contributed by atoms with Crippen LogP contribution in [-0.2, 0) is 6.54 Å². The molecule has 0 saturated carbocycles. The first-order valence-corrected chi connectivity index (χ1v) is 7.55. The first-order chi connectivity index (χ1) is 9.33. The lowest BCUT2D eigenvalue weighted by molar-refractivity contribution is 0.144. The summed E-state index contributed by atoms with van der Waals surface area (Å²) in [6.07, 6.45) is 5.32. The average Bonchev–Trinajstić information content (AvgIpc) is 2.96. The van der Waals surface area contributed by atoms with Crippen molar-refractivity contribution in [2.75, 3.05) is 19.6 Å². The Bertz CT molecular complexity index is 415. The third-order valence-electron chi connectivity index (χ3n) is 4.59. The maximum atomic E-state index is 9.88. The molecular formula is C16H24N2O. The summed E-state index contributed by atoms with van der Waals surface area (Å²) in [5.41, 5.74) is 1.06. The van der Waals surface area contributed by atoms with Crippen molar-refractivity contribution < 1.29 is 5.11 Å². The number of piperidine rings is 1. The third kappa shape index (κ3) is 3.10. The van der Waals surface area contributed by atoms with Gasteiger partial charge in [-0.05, 0) is 50.8 Å². The fourth-order valence-electron chi connectivity index (χ4n) is 3.56. The summed E-state index contributed by atoms with van der Waals surface area (Å²) in [6, 6.07) is 8.45. The largest absolute Gasteiger partial charge is 0.508 e. The number of aromatic hydroxyl groups is 1. The van der Waals surface area contributed by atoms with Gasteiger partial charge in [-0.3, -0.25) is 4.90 Å². The summed E-state index contributed by atoms with van der Waals surface area (Å²) in [4.78, 5) is 2.50. The molecule has 1 aromatic rings. The summed E-state index contributed by atoms with van der Waals surface area (Å²) in [7, 11) is 0. The maximum Gasteiger partial charge on any atom is 0.120 e. The zero-order valence-electron chi connectivity index (χ0n) is 11.5. The molecular weight excluding hydrogens is 236 g/mol. The Hall–Kier alpha value is -1.06. The van der Waals surface area contributed by atoms with Crippen LogP contribution in [0.15, 0.2) is 24.3 Å². The van der Waals surface area contributed by atoms with Gasteiger partial charge in [-0.2, -0.15) is 0 Å². The summed E-state index contributed by atoms with van der Waals surface area (Å²) in [5, 5.41) is 13.5. The van der Waals surface area contributed by atoms with Gasteiger partial charge in [-0.1, -0.05) is 18.2 Å². The molecule has 2 heterocycles. The van der Waals surface area contributed by atoms with Crippen molar-refractivity contribution in [2.24, 2.45) is 5.92 Å². The number of nitrogens with one attached hydrogen (secondary N) is 1. The molecule has 0 radical (unpaired) electrons. The number of likely N-dealkylation sites (tertiary alicyclic amines) is 1. The van der Waals surface area contributed by atoms with E-state index in [1.54, 1.807) is 6.07 Å². The molecule has 2 atom stereocenters. The van der Waals surface area contributed by atoms with E-state index in [0.717, 1.165) is 30.6 Å². The molecule has 0 aromatic heterocycles. The Balaban J connectivity index is 1.60. The number of hydrogen-bond acceptors (Lipinski definition) is 3. The average molecular weight is 260 g/mol. The van der Waals surface area contributed by atoms with Crippen molar-refractivity contribution in [3.63, 3.8) is 0 Å². The van der Waals surface area contributed by atoms with Crippen LogP contribution < -0.4 is 5.32 Å². The van der Waals surface area contributed by atoms with Crippen molar-refractivity contribution in [1.82, 2.24) is 10.2 Å². The van der Waals surface area contributed by atoms with E-state index in [1.165, 1.54) is 38.8 Å². The standard InChI is InChI=1S/C16H24N2O/c19-16-8-2-1-5-14(16)12-18-10-4-6-13(11-18)15-7-3-9-17-15/h1-2,5,8,13,15,17,19H,3-4,6-7,9-12H2. The van der Waals surface area contributed by atoms with Crippen LogP contribution in [0.5, 0.6) is 5.75 Å². The van der Waals surface area contributed by atoms with Gasteiger partial charge in [0.2, 0.25) is 0 Å². The van der Waals surface area contributed by atoms with Crippen molar-refractivity contribution >= 4 is 0 Å². The number of nitrogens with zero attached hydrogens (tertiary/aromatic N) is 1. The number of phenolic OH excluding ortho intramolecular Hbond substituents is 1. The van der Waals surface area contributed by atoms with Crippen LogP contribution in [0.4, 0.5) is 0 Å². The molecule has 104 valence electrons. The summed E-state index contributed by atoms with van der Waals surface area (Å²) in [5.74, 6) is 1.23. The molecule has 3 heteroatoms. The van der Waals surface area contributed by atoms with Crippen molar-refractivity contribution in [3.05, 3.63) is 29.8 Å². The highest BCUT2D eigenvalue weighted by Crippen LogP contribution is 2.27. The second kappa shape index (κ2) is 5.93. The van der Waals surface area contributed by atoms with Crippen LogP contribution in [0, 0.1) is 5.92 Å². The van der Waals surface area contributed by atoms with Gasteiger partial charge in [0.15, 0.2) is 0 Å². The van der Waals surface area contributed by atoms with Gasteiger partial charge in [0, 0.05) is 24.7 Å². The van der Waals surface area contributed by atoms with Crippen LogP contribution in [-0.4, -0.2) is 35.7 Å². The molecule has 3 nitrogen and oxygen atoms in total. The molecule has 2 aliphatic rings. The quantitative estimate of drug-likeness (QED) is 0.876. The van der Waals surface area contributed by atoms with Crippen LogP contribution >= 0.6 is 0 Å². The number of rotatable bonds is 3. The molecule has 2 N–H and O–H groups in total. The van der Waals surface area contributed by atoms with Gasteiger partial charge in [0.05, 0.1) is 0 Å². The minimum absolute atomic E-state index is 0.434. The Morgan fingerprint density at radius 2 is 2.11 bits per heavy atom. The highest BCUT2D eigenvalue weighted by molar-refractivity contribution is 5.31. The summed E-state index contributed by atoms with van der Waals surface area (Å²) >= 11 is 0. The first-order valence-electron chi connectivity index (χ1n) is 7.55. The zero-order chi connectivity index (χ0) is 13.1. The van der Waals surface area contributed by atoms with E-state index in [2.05, 4.69) is 10.2 Å². The highest BCUT2D eigenvalue weighted by atomic mass is 16.3. The normalized spacial score (nSPS) is 28.6. The fourth-order valence-corrected chi connectivity index (χ4v) is 3.56. The lowest BCUT2D eigenvalue weighted by Crippen LogP contribution is -2.43. The Morgan fingerprint density at radius 3 is 2.89 bits per heavy atom. The minimum Gasteiger partial charge on any atom is -0.508 e. The Morgan fingerprint density at radius 1 is 1.21 bits per heavy atom. The molecule has 0 aliphatic carbocycles. The van der Waals surface area contributed by atoms with E-state index in [-0.39, 0.29) is 0 Å². The van der Waals surface area contributed by atoms with Crippen LogP contribution in [0.2, 0.25) is 0 Å². The number of hydrogen-bond donors (Lipinski definition) is 2. The van der Waals surface area contributed by atoms with E-state index < -0.39 is 0 Å². The molecule has 1 aromatic carbocycles. The van der Waals surface area contributed by atoms with Crippen molar-refractivity contribution in [3.8, 4) is 5.75 Å². The Kier molecular flexibility index (Phi) is 4.04. The second-order valence-corrected chi connectivity index (χ2v) is 5.97. The van der Waals surface area contributed by atoms with Crippen LogP contribution in [0.1, 0.15) is 31.2 Å². The van der Waals surface area contributed by atoms with E-state index in [1.807, 2.05) is 18.2 Å². The second-order valence-electron chi connectivity index (χ2n) is 5.97. The molecule has 0 spiro atoms. The van der Waals surface area contributed by atoms with E-state index >= 15 is 0 Å². The number of para-hydroxylation sites is 1. The number of benzene rings is 1. The molecule has 2 unspecified atom stereocenters. The maximum absolute atomic E-state index is 9.88. The van der Waals surface area contributed by atoms with Gasteiger partial charge in [0.25, 0.3) is 0 Å². The van der Waals surface area contributed by atoms with E-state index in [0.29, 0.717) is 5.75 Å². The van der Waals surface area contributed by atoms with E-state index in [9.17, 15) is 5.11 Å². The fraction of sp³-hybridized carbons (Fsp3) is 0.625. The monoisotopic (exact) mass is 260 g/mol. The molecule has 2 saturated heterocycles. The van der Waals surface area contributed by atoms with Gasteiger partial charge in [-0.25, -0.2) is 0 Å². The van der Waals surface area contributed by atoms with Gasteiger partial charge in [-0.15, -0.1) is 0 Å². The molecule has 2 fully saturated rings. The molecule has 2 aliphatic heterocycles. The SMILES string of the molecule is Oc1ccccc1CN1CCCC(C2CCCN2)C1. The summed E-state index contributed by atoms with van der Waals surface area (Å²) < 4.78 is 0. The molecule has 3 rings (SSSR count). The lowest BCUT2D eigenvalue weighted by atomic mass is 9.89. The lowest BCUT2D eigenvalue weighted by Gasteiger charge is -2.36. The van der Waals surface area contributed by atoms with Crippen LogP contribution in [0.3, 0.4) is 0 Å². The minimum atomic E-state index is 0.434. The smallest absolute Gasteiger partial charge is 0.120 e. The highest BCUT2D eigenvalue weighted by Gasteiger charge is 2.29. The molecule has 19 heavy (non-hydrogen) atoms. The van der Waals surface area contributed by atoms with E-state index in [4.69, 9.17) is 0 Å². The van der Waals surface area contributed by atoms with Crippen LogP contribution in [0.25, 0.3) is 0 Å². The first kappa shape index (κ1) is 12.9. The van der Waals surface area contributed by atoms with Crippen molar-refractivity contribution in [2.45, 2.75) is 38.3 Å². The predicted molar refractivity (Wildman–Crippen MR) is 77.1 cm³/mol. The predicted octanol–water partition coefficient (Wildman–Crippen LogP) is 2.36. The number of phenols is 1. The van der Waals surface area contributed by atoms with Crippen molar-refractivity contribution in [1.29, 1.82) is 0 Å². The van der Waals surface area contributed by atoms with Gasteiger partial charge in [0.1, 0.15) is 5.75 Å². The zero-order valence-corrected chi connectivity index (χ0v) is 11.5. The molecule has 0 amide bonds. The Labute approximate surface area is 115 Å². The summed E-state index contributed by atoms with van der Waals surface area (Å²) in [6.45, 7) is 4.42. The van der Waals surface area contributed by atoms with Gasteiger partial charge >= 0.3 is 0 Å². The topological polar surface area (TPSA) is 35.5 Å². The molecule has 0 bridgehead atoms. The van der Waals surface area contributed by atoms with Gasteiger partial charge < -0.3 is 10.4 Å². The third-order valence-corrected chi connectivity index (χ3v) is 4.59.